The van der Waals surface area contributed by atoms with Crippen LogP contribution in [0.15, 0.2) is 170 Å². The second-order valence-corrected chi connectivity index (χ2v) is 13.1. The predicted octanol–water partition coefficient (Wildman–Crippen LogP) is 13.4. The molecule has 0 aromatic heterocycles. The summed E-state index contributed by atoms with van der Waals surface area (Å²) in [5, 5.41) is 7.92. The fraction of sp³-hybridized carbons (Fsp3) is 0. The van der Waals surface area contributed by atoms with Crippen molar-refractivity contribution in [2.45, 2.75) is 0 Å². The fourth-order valence-electron chi connectivity index (χ4n) is 8.82. The Bertz CT molecular complexity index is 2800. The van der Waals surface area contributed by atoms with E-state index in [2.05, 4.69) is 170 Å². The van der Waals surface area contributed by atoms with Gasteiger partial charge in [0.15, 0.2) is 0 Å². The molecule has 11 rings (SSSR count). The number of benzene rings is 9. The van der Waals surface area contributed by atoms with Crippen LogP contribution < -0.4 is 0 Å². The Balaban J connectivity index is 1.17. The summed E-state index contributed by atoms with van der Waals surface area (Å²) in [4.78, 5) is 0. The van der Waals surface area contributed by atoms with Crippen molar-refractivity contribution >= 4 is 32.3 Å². The molecule has 0 spiro atoms. The fourth-order valence-corrected chi connectivity index (χ4v) is 8.82. The van der Waals surface area contributed by atoms with Crippen molar-refractivity contribution in [1.29, 1.82) is 0 Å². The zero-order valence-corrected chi connectivity index (χ0v) is 26.2. The molecule has 220 valence electrons. The first kappa shape index (κ1) is 25.9. The van der Waals surface area contributed by atoms with Gasteiger partial charge in [-0.25, -0.2) is 0 Å². The number of fused-ring (bicyclic) bond motifs is 7. The second-order valence-electron chi connectivity index (χ2n) is 13.1. The zero-order valence-electron chi connectivity index (χ0n) is 26.2. The Labute approximate surface area is 279 Å². The molecule has 0 fully saturated rings. The molecular formula is C48H28. The molecular weight excluding hydrogens is 577 g/mol. The summed E-state index contributed by atoms with van der Waals surface area (Å²) in [5.41, 5.74) is 18.4. The minimum Gasteiger partial charge on any atom is -0.0622 e. The zero-order chi connectivity index (χ0) is 31.3. The van der Waals surface area contributed by atoms with Gasteiger partial charge in [0.05, 0.1) is 0 Å². The minimum atomic E-state index is 1.26. The average molecular weight is 605 g/mol. The molecule has 9 aromatic rings. The lowest BCUT2D eigenvalue weighted by Crippen LogP contribution is -1.89. The second kappa shape index (κ2) is 9.64. The molecule has 0 atom stereocenters. The molecule has 0 saturated heterocycles. The van der Waals surface area contributed by atoms with E-state index in [1.165, 1.54) is 110 Å². The van der Waals surface area contributed by atoms with Gasteiger partial charge < -0.3 is 0 Å². The third-order valence-electron chi connectivity index (χ3n) is 10.8. The summed E-state index contributed by atoms with van der Waals surface area (Å²) in [6.07, 6.45) is 0. The Kier molecular flexibility index (Phi) is 5.20. The lowest BCUT2D eigenvalue weighted by atomic mass is 9.87. The van der Waals surface area contributed by atoms with Crippen molar-refractivity contribution in [2.24, 2.45) is 0 Å². The van der Waals surface area contributed by atoms with Crippen LogP contribution >= 0.6 is 0 Å². The van der Waals surface area contributed by atoms with E-state index in [0.717, 1.165) is 0 Å². The van der Waals surface area contributed by atoms with Crippen LogP contribution in [0.2, 0.25) is 0 Å². The van der Waals surface area contributed by atoms with E-state index in [0.29, 0.717) is 0 Å². The molecule has 0 amide bonds. The van der Waals surface area contributed by atoms with Crippen molar-refractivity contribution in [1.82, 2.24) is 0 Å². The van der Waals surface area contributed by atoms with Gasteiger partial charge in [-0.15, -0.1) is 0 Å². The highest BCUT2D eigenvalue weighted by Gasteiger charge is 2.29. The summed E-state index contributed by atoms with van der Waals surface area (Å²) < 4.78 is 0. The van der Waals surface area contributed by atoms with Crippen molar-refractivity contribution in [3.63, 3.8) is 0 Å². The van der Waals surface area contributed by atoms with Crippen LogP contribution in [0.4, 0.5) is 0 Å². The van der Waals surface area contributed by atoms with E-state index < -0.39 is 0 Å². The third-order valence-corrected chi connectivity index (χ3v) is 10.8. The van der Waals surface area contributed by atoms with E-state index in [4.69, 9.17) is 0 Å². The molecule has 2 aliphatic rings. The normalized spacial score (nSPS) is 12.2. The molecule has 0 unspecified atom stereocenters. The van der Waals surface area contributed by atoms with Gasteiger partial charge in [-0.2, -0.15) is 0 Å². The first-order chi connectivity index (χ1) is 23.8. The van der Waals surface area contributed by atoms with Gasteiger partial charge in [-0.3, -0.25) is 0 Å². The summed E-state index contributed by atoms with van der Waals surface area (Å²) in [6, 6.07) is 63.0. The summed E-state index contributed by atoms with van der Waals surface area (Å²) >= 11 is 0. The molecule has 0 aliphatic heterocycles. The van der Waals surface area contributed by atoms with Crippen molar-refractivity contribution in [2.75, 3.05) is 0 Å². The number of hydrogen-bond acceptors (Lipinski definition) is 0. The van der Waals surface area contributed by atoms with Crippen LogP contribution in [0.5, 0.6) is 0 Å². The van der Waals surface area contributed by atoms with Gasteiger partial charge in [0.1, 0.15) is 0 Å². The van der Waals surface area contributed by atoms with E-state index in [1.54, 1.807) is 0 Å². The Hall–Kier alpha value is -6.24. The Morgan fingerprint density at radius 1 is 0.229 bits per heavy atom. The summed E-state index contributed by atoms with van der Waals surface area (Å²) in [7, 11) is 0. The first-order valence-corrected chi connectivity index (χ1v) is 16.8. The van der Waals surface area contributed by atoms with Gasteiger partial charge in [-0.05, 0) is 116 Å². The highest BCUT2D eigenvalue weighted by atomic mass is 14.3. The summed E-state index contributed by atoms with van der Waals surface area (Å²) in [6.45, 7) is 0. The first-order valence-electron chi connectivity index (χ1n) is 16.8. The van der Waals surface area contributed by atoms with Crippen molar-refractivity contribution in [3.05, 3.63) is 170 Å². The Morgan fingerprint density at radius 2 is 0.729 bits per heavy atom. The third kappa shape index (κ3) is 3.39. The molecule has 0 radical (unpaired) electrons. The van der Waals surface area contributed by atoms with Gasteiger partial charge in [-0.1, -0.05) is 164 Å². The van der Waals surface area contributed by atoms with Crippen LogP contribution in [0.1, 0.15) is 0 Å². The predicted molar refractivity (Wildman–Crippen MR) is 204 cm³/mol. The van der Waals surface area contributed by atoms with Crippen LogP contribution in [-0.4, -0.2) is 0 Å². The smallest absolute Gasteiger partial charge is 0.00137 e. The van der Waals surface area contributed by atoms with E-state index in [1.807, 2.05) is 0 Å². The number of rotatable bonds is 3. The number of hydrogen-bond donors (Lipinski definition) is 0. The van der Waals surface area contributed by atoms with Crippen LogP contribution in [0, 0.1) is 0 Å². The Morgan fingerprint density at radius 3 is 1.48 bits per heavy atom. The van der Waals surface area contributed by atoms with Crippen molar-refractivity contribution < 1.29 is 0 Å². The summed E-state index contributed by atoms with van der Waals surface area (Å²) in [5.74, 6) is 0. The topological polar surface area (TPSA) is 0 Å². The maximum absolute atomic E-state index is 2.41. The molecule has 0 nitrogen and oxygen atoms in total. The largest absolute Gasteiger partial charge is 0.0622 e. The molecule has 0 bridgehead atoms. The molecule has 0 heteroatoms. The van der Waals surface area contributed by atoms with Gasteiger partial charge >= 0.3 is 0 Å². The molecule has 48 heavy (non-hydrogen) atoms. The lowest BCUT2D eigenvalue weighted by molar-refractivity contribution is 1.62. The highest BCUT2D eigenvalue weighted by molar-refractivity contribution is 6.27. The molecule has 2 aliphatic carbocycles. The lowest BCUT2D eigenvalue weighted by Gasteiger charge is -2.16. The molecule has 0 heterocycles. The highest BCUT2D eigenvalue weighted by Crippen LogP contribution is 2.56. The van der Waals surface area contributed by atoms with Crippen molar-refractivity contribution in [3.8, 4) is 77.9 Å². The van der Waals surface area contributed by atoms with Crippen LogP contribution in [0.3, 0.4) is 0 Å². The molecule has 9 aromatic carbocycles. The van der Waals surface area contributed by atoms with E-state index in [-0.39, 0.29) is 0 Å². The molecule has 0 N–H and O–H groups in total. The van der Waals surface area contributed by atoms with Crippen LogP contribution in [-0.2, 0) is 0 Å². The maximum Gasteiger partial charge on any atom is -0.00137 e. The van der Waals surface area contributed by atoms with Crippen LogP contribution in [0.25, 0.3) is 110 Å². The SMILES string of the molecule is c1ccc(-c2cccc3c2-c2cccc4c(-c5ccc6c7c(cccc57)-c5cc7ccccc7c(-c7ccccc7)c5-6)ccc-3c24)cc1. The monoisotopic (exact) mass is 604 g/mol. The quantitative estimate of drug-likeness (QED) is 0.188. The van der Waals surface area contributed by atoms with E-state index in [9.17, 15) is 0 Å². The average Bonchev–Trinajstić information content (AvgIpc) is 3.66. The minimum absolute atomic E-state index is 1.26. The maximum atomic E-state index is 2.41. The van der Waals surface area contributed by atoms with E-state index >= 15 is 0 Å². The van der Waals surface area contributed by atoms with Gasteiger partial charge in [0.25, 0.3) is 0 Å². The van der Waals surface area contributed by atoms with Gasteiger partial charge in [0, 0.05) is 0 Å². The molecule has 0 saturated carbocycles. The van der Waals surface area contributed by atoms with Gasteiger partial charge in [0.2, 0.25) is 0 Å². The standard InChI is InChI=1S/C48H28/c1-3-12-29(13-4-1)32-18-9-21-38-40-26-24-34(37-20-11-23-41(45(32)38)47(37)40)35-25-27-42-46-36(35)19-10-22-39(46)43-28-31-16-7-8-17-33(31)44(48(42)43)30-14-5-2-6-15-30/h1-28H.